The fourth-order valence-electron chi connectivity index (χ4n) is 2.14. The van der Waals surface area contributed by atoms with Gasteiger partial charge in [-0.2, -0.15) is 0 Å². The largest absolute Gasteiger partial charge is 0.444 e. The number of carbonyl (C=O) groups is 1. The Morgan fingerprint density at radius 1 is 1.52 bits per heavy atom. The normalized spacial score (nSPS) is 16.0. The first-order valence-electron chi connectivity index (χ1n) is 8.04. The molecule has 2 N–H and O–H groups in total. The van der Waals surface area contributed by atoms with Gasteiger partial charge >= 0.3 is 6.09 Å². The van der Waals surface area contributed by atoms with Crippen LogP contribution in [0.2, 0.25) is 0 Å². The first-order valence-corrected chi connectivity index (χ1v) is 8.86. The Bertz CT molecular complexity index is 726. The molecule has 2 rings (SSSR count). The summed E-state index contributed by atoms with van der Waals surface area (Å²) in [7, 11) is 0. The monoisotopic (exact) mass is 360 g/mol. The molecular weight excluding hydrogens is 336 g/mol. The predicted molar refractivity (Wildman–Crippen MR) is 103 cm³/mol. The van der Waals surface area contributed by atoms with E-state index in [1.165, 1.54) is 11.3 Å². The molecular formula is C18H24N4O2S. The number of nitrogens with zero attached hydrogens (tertiary/aromatic N) is 3. The highest BCUT2D eigenvalue weighted by atomic mass is 32.1. The third kappa shape index (κ3) is 5.56. The van der Waals surface area contributed by atoms with E-state index in [1.807, 2.05) is 26.8 Å². The summed E-state index contributed by atoms with van der Waals surface area (Å²) in [6, 6.07) is 0. The van der Waals surface area contributed by atoms with Gasteiger partial charge in [0.15, 0.2) is 0 Å². The Labute approximate surface area is 152 Å². The SMILES string of the molecule is C=C/C=C\N=C(/N)c1cnc(C2=CCN(C(=O)OC(C)(C)C)CC2)s1. The molecule has 7 heteroatoms. The summed E-state index contributed by atoms with van der Waals surface area (Å²) in [5.74, 6) is 0.425. The van der Waals surface area contributed by atoms with Gasteiger partial charge in [-0.1, -0.05) is 18.7 Å². The van der Waals surface area contributed by atoms with E-state index in [-0.39, 0.29) is 6.09 Å². The fourth-order valence-corrected chi connectivity index (χ4v) is 3.04. The smallest absolute Gasteiger partial charge is 0.410 e. The minimum Gasteiger partial charge on any atom is -0.444 e. The maximum absolute atomic E-state index is 12.1. The van der Waals surface area contributed by atoms with Crippen molar-refractivity contribution in [3.63, 3.8) is 0 Å². The Morgan fingerprint density at radius 2 is 2.28 bits per heavy atom. The van der Waals surface area contributed by atoms with Crippen LogP contribution in [-0.2, 0) is 4.74 Å². The molecule has 0 saturated heterocycles. The summed E-state index contributed by atoms with van der Waals surface area (Å²) in [6.07, 6.45) is 9.14. The molecule has 0 saturated carbocycles. The van der Waals surface area contributed by atoms with Crippen LogP contribution in [-0.4, -0.2) is 40.5 Å². The van der Waals surface area contributed by atoms with E-state index in [0.717, 1.165) is 21.9 Å². The van der Waals surface area contributed by atoms with Crippen molar-refractivity contribution in [2.45, 2.75) is 32.8 Å². The number of allylic oxidation sites excluding steroid dienone is 2. The van der Waals surface area contributed by atoms with Crippen LogP contribution in [0, 0.1) is 0 Å². The van der Waals surface area contributed by atoms with Crippen molar-refractivity contribution in [1.82, 2.24) is 9.88 Å². The summed E-state index contributed by atoms with van der Waals surface area (Å²) in [5, 5.41) is 0.907. The first-order chi connectivity index (χ1) is 11.8. The number of amides is 1. The van der Waals surface area contributed by atoms with Crippen LogP contribution >= 0.6 is 11.3 Å². The molecule has 0 fully saturated rings. The Kier molecular flexibility index (Phi) is 6.14. The van der Waals surface area contributed by atoms with Crippen LogP contribution in [0.25, 0.3) is 5.57 Å². The number of aromatic nitrogens is 1. The lowest BCUT2D eigenvalue weighted by atomic mass is 10.1. The van der Waals surface area contributed by atoms with Crippen molar-refractivity contribution >= 4 is 28.8 Å². The van der Waals surface area contributed by atoms with Crippen molar-refractivity contribution in [2.24, 2.45) is 10.7 Å². The molecule has 0 aliphatic carbocycles. The number of thiazole rings is 1. The van der Waals surface area contributed by atoms with E-state index in [2.05, 4.69) is 16.6 Å². The van der Waals surface area contributed by atoms with E-state index >= 15 is 0 Å². The molecule has 1 aliphatic rings. The number of rotatable bonds is 4. The number of hydrogen-bond donors (Lipinski definition) is 1. The molecule has 1 aromatic heterocycles. The maximum atomic E-state index is 12.1. The number of amidine groups is 1. The molecule has 6 nitrogen and oxygen atoms in total. The highest BCUT2D eigenvalue weighted by molar-refractivity contribution is 7.14. The molecule has 25 heavy (non-hydrogen) atoms. The number of nitrogens with two attached hydrogens (primary N) is 1. The van der Waals surface area contributed by atoms with Crippen LogP contribution in [0.5, 0.6) is 0 Å². The molecule has 2 heterocycles. The molecule has 0 radical (unpaired) electrons. The molecule has 1 amide bonds. The van der Waals surface area contributed by atoms with Crippen LogP contribution in [0.4, 0.5) is 4.79 Å². The van der Waals surface area contributed by atoms with Gasteiger partial charge in [0.2, 0.25) is 0 Å². The molecule has 1 aromatic rings. The Morgan fingerprint density at radius 3 is 2.88 bits per heavy atom. The number of aliphatic imine (C=N–C) groups is 1. The summed E-state index contributed by atoms with van der Waals surface area (Å²) in [4.78, 5) is 23.2. The van der Waals surface area contributed by atoms with Crippen molar-refractivity contribution in [3.8, 4) is 0 Å². The summed E-state index contributed by atoms with van der Waals surface area (Å²) < 4.78 is 5.40. The zero-order valence-electron chi connectivity index (χ0n) is 14.9. The van der Waals surface area contributed by atoms with Crippen LogP contribution < -0.4 is 5.73 Å². The van der Waals surface area contributed by atoms with Gasteiger partial charge in [0, 0.05) is 25.5 Å². The van der Waals surface area contributed by atoms with E-state index in [4.69, 9.17) is 10.5 Å². The van der Waals surface area contributed by atoms with Crippen molar-refractivity contribution < 1.29 is 9.53 Å². The summed E-state index contributed by atoms with van der Waals surface area (Å²) >= 11 is 1.50. The lowest BCUT2D eigenvalue weighted by Crippen LogP contribution is -2.39. The summed E-state index contributed by atoms with van der Waals surface area (Å²) in [6.45, 7) is 10.3. The van der Waals surface area contributed by atoms with Gasteiger partial charge in [-0.3, -0.25) is 0 Å². The topological polar surface area (TPSA) is 80.8 Å². The first kappa shape index (κ1) is 18.9. The zero-order valence-corrected chi connectivity index (χ0v) is 15.7. The third-order valence-corrected chi connectivity index (χ3v) is 4.42. The molecule has 0 spiro atoms. The average molecular weight is 360 g/mol. The lowest BCUT2D eigenvalue weighted by molar-refractivity contribution is 0.0270. The zero-order chi connectivity index (χ0) is 18.4. The molecule has 1 aliphatic heterocycles. The Hall–Kier alpha value is -2.41. The van der Waals surface area contributed by atoms with Gasteiger partial charge in [0.1, 0.15) is 16.4 Å². The minimum absolute atomic E-state index is 0.284. The Balaban J connectivity index is 2.02. The van der Waals surface area contributed by atoms with Crippen LogP contribution in [0.3, 0.4) is 0 Å². The second kappa shape index (κ2) is 8.11. The quantitative estimate of drug-likeness (QED) is 0.506. The second-order valence-corrected chi connectivity index (χ2v) is 7.56. The second-order valence-electron chi connectivity index (χ2n) is 6.53. The van der Waals surface area contributed by atoms with Crippen molar-refractivity contribution in [2.75, 3.05) is 13.1 Å². The average Bonchev–Trinajstić information content (AvgIpc) is 3.03. The molecule has 134 valence electrons. The number of ether oxygens (including phenoxy) is 1. The molecule has 0 aromatic carbocycles. The molecule has 0 atom stereocenters. The number of hydrogen-bond acceptors (Lipinski definition) is 5. The maximum Gasteiger partial charge on any atom is 0.410 e. The van der Waals surface area contributed by atoms with Crippen LogP contribution in [0.1, 0.15) is 37.1 Å². The van der Waals surface area contributed by atoms with Gasteiger partial charge in [0.25, 0.3) is 0 Å². The van der Waals surface area contributed by atoms with E-state index < -0.39 is 5.60 Å². The standard InChI is InChI=1S/C18H24N4O2S/c1-5-6-9-20-15(19)14-12-21-16(25-14)13-7-10-22(11-8-13)17(23)24-18(2,3)4/h5-7,9,12H,1,8,10-11H2,2-4H3,(H2,19,20)/b9-6-. The summed E-state index contributed by atoms with van der Waals surface area (Å²) in [5.41, 5.74) is 6.58. The fraction of sp³-hybridized carbons (Fsp3) is 0.389. The van der Waals surface area contributed by atoms with E-state index in [1.54, 1.807) is 29.4 Å². The molecule has 0 bridgehead atoms. The predicted octanol–water partition coefficient (Wildman–Crippen LogP) is 3.57. The molecule has 0 unspecified atom stereocenters. The van der Waals surface area contributed by atoms with Gasteiger partial charge < -0.3 is 15.4 Å². The third-order valence-electron chi connectivity index (χ3n) is 3.33. The van der Waals surface area contributed by atoms with Gasteiger partial charge in [-0.05, 0) is 38.8 Å². The number of carbonyl (C=O) groups excluding carboxylic acids is 1. The lowest BCUT2D eigenvalue weighted by Gasteiger charge is -2.29. The minimum atomic E-state index is -0.484. The highest BCUT2D eigenvalue weighted by Crippen LogP contribution is 2.27. The van der Waals surface area contributed by atoms with Crippen molar-refractivity contribution in [3.05, 3.63) is 47.1 Å². The van der Waals surface area contributed by atoms with E-state index in [0.29, 0.717) is 18.9 Å². The van der Waals surface area contributed by atoms with E-state index in [9.17, 15) is 4.79 Å². The van der Waals surface area contributed by atoms with Crippen molar-refractivity contribution in [1.29, 1.82) is 0 Å². The van der Waals surface area contributed by atoms with Gasteiger partial charge in [-0.15, -0.1) is 11.3 Å². The van der Waals surface area contributed by atoms with Crippen LogP contribution in [0.15, 0.2) is 42.2 Å². The van der Waals surface area contributed by atoms with Gasteiger partial charge in [-0.25, -0.2) is 14.8 Å². The highest BCUT2D eigenvalue weighted by Gasteiger charge is 2.24. The van der Waals surface area contributed by atoms with Gasteiger partial charge in [0.05, 0.1) is 4.88 Å².